The number of pyridine rings is 1. The van der Waals surface area contributed by atoms with Crippen molar-refractivity contribution >= 4 is 21.7 Å². The lowest BCUT2D eigenvalue weighted by atomic mass is 9.94. The molecular formula is C13H19BrN2O3. The molecule has 1 saturated heterocycles. The summed E-state index contributed by atoms with van der Waals surface area (Å²) in [4.78, 5) is 4.31. The molecule has 0 saturated carbocycles. The van der Waals surface area contributed by atoms with E-state index in [1.54, 1.807) is 20.4 Å². The summed E-state index contributed by atoms with van der Waals surface area (Å²) in [6.07, 6.45) is 3.50. The molecule has 0 unspecified atom stereocenters. The number of rotatable bonds is 5. The Kier molecular flexibility index (Phi) is 5.01. The second kappa shape index (κ2) is 6.54. The van der Waals surface area contributed by atoms with Crippen LogP contribution in [0.2, 0.25) is 0 Å². The van der Waals surface area contributed by atoms with E-state index in [2.05, 4.69) is 26.2 Å². The minimum absolute atomic E-state index is 0.187. The monoisotopic (exact) mass is 330 g/mol. The van der Waals surface area contributed by atoms with Gasteiger partial charge in [0.25, 0.3) is 0 Å². The highest BCUT2D eigenvalue weighted by atomic mass is 79.9. The van der Waals surface area contributed by atoms with Crippen LogP contribution in [0.15, 0.2) is 16.7 Å². The van der Waals surface area contributed by atoms with E-state index in [1.807, 2.05) is 6.07 Å². The highest BCUT2D eigenvalue weighted by Crippen LogP contribution is 2.32. The molecule has 6 heteroatoms. The molecule has 106 valence electrons. The fraction of sp³-hybridized carbons (Fsp3) is 0.615. The first-order valence-electron chi connectivity index (χ1n) is 6.26. The molecule has 19 heavy (non-hydrogen) atoms. The molecule has 1 N–H and O–H groups in total. The van der Waals surface area contributed by atoms with Crippen molar-refractivity contribution in [2.24, 2.45) is 0 Å². The van der Waals surface area contributed by atoms with Gasteiger partial charge in [0, 0.05) is 45.9 Å². The highest BCUT2D eigenvalue weighted by Gasteiger charge is 2.32. The zero-order chi connectivity index (χ0) is 13.7. The van der Waals surface area contributed by atoms with Gasteiger partial charge in [0.1, 0.15) is 0 Å². The second-order valence-electron chi connectivity index (χ2n) is 4.53. The first-order valence-corrected chi connectivity index (χ1v) is 7.05. The summed E-state index contributed by atoms with van der Waals surface area (Å²) in [7, 11) is 3.38. The number of nitrogens with one attached hydrogen (secondary N) is 1. The third-order valence-corrected chi connectivity index (χ3v) is 4.10. The molecule has 0 spiro atoms. The number of ether oxygens (including phenoxy) is 3. The SMILES string of the molecule is COc1c(Br)ccnc1NCC1(OC)CCOCC1. The maximum absolute atomic E-state index is 5.68. The predicted octanol–water partition coefficient (Wildman–Crippen LogP) is 2.46. The van der Waals surface area contributed by atoms with E-state index in [0.717, 1.165) is 36.3 Å². The van der Waals surface area contributed by atoms with Crippen molar-refractivity contribution in [1.82, 2.24) is 4.98 Å². The molecule has 0 bridgehead atoms. The normalized spacial score (nSPS) is 18.1. The first-order chi connectivity index (χ1) is 9.21. The Balaban J connectivity index is 2.07. The van der Waals surface area contributed by atoms with Crippen LogP contribution in [0.3, 0.4) is 0 Å². The Morgan fingerprint density at radius 2 is 2.16 bits per heavy atom. The van der Waals surface area contributed by atoms with Crippen LogP contribution in [0, 0.1) is 0 Å². The standard InChI is InChI=1S/C13H19BrN2O3/c1-17-11-10(14)3-6-15-12(11)16-9-13(18-2)4-7-19-8-5-13/h3,6H,4-5,7-9H2,1-2H3,(H,15,16). The molecule has 1 aromatic heterocycles. The molecule has 1 aliphatic heterocycles. The summed E-state index contributed by atoms with van der Waals surface area (Å²) < 4.78 is 17.3. The molecule has 2 heterocycles. The summed E-state index contributed by atoms with van der Waals surface area (Å²) in [5.41, 5.74) is -0.187. The van der Waals surface area contributed by atoms with Crippen molar-refractivity contribution in [2.75, 3.05) is 39.3 Å². The largest absolute Gasteiger partial charge is 0.492 e. The summed E-state index contributed by atoms with van der Waals surface area (Å²) >= 11 is 3.45. The van der Waals surface area contributed by atoms with Crippen molar-refractivity contribution in [1.29, 1.82) is 0 Å². The van der Waals surface area contributed by atoms with E-state index >= 15 is 0 Å². The number of nitrogens with zero attached hydrogens (tertiary/aromatic N) is 1. The van der Waals surface area contributed by atoms with Crippen LogP contribution >= 0.6 is 15.9 Å². The lowest BCUT2D eigenvalue weighted by Gasteiger charge is -2.36. The lowest BCUT2D eigenvalue weighted by molar-refractivity contribution is -0.0807. The summed E-state index contributed by atoms with van der Waals surface area (Å²) in [6.45, 7) is 2.16. The van der Waals surface area contributed by atoms with Crippen LogP contribution in [0.4, 0.5) is 5.82 Å². The Labute approximate surface area is 121 Å². The Morgan fingerprint density at radius 3 is 2.79 bits per heavy atom. The zero-order valence-electron chi connectivity index (χ0n) is 11.2. The second-order valence-corrected chi connectivity index (χ2v) is 5.38. The molecule has 1 aliphatic rings. The molecule has 1 fully saturated rings. The van der Waals surface area contributed by atoms with Gasteiger partial charge in [-0.1, -0.05) is 0 Å². The van der Waals surface area contributed by atoms with Gasteiger partial charge >= 0.3 is 0 Å². The molecule has 0 amide bonds. The molecule has 2 rings (SSSR count). The van der Waals surface area contributed by atoms with Gasteiger partial charge in [-0.2, -0.15) is 0 Å². The third-order valence-electron chi connectivity index (χ3n) is 3.48. The van der Waals surface area contributed by atoms with Crippen LogP contribution < -0.4 is 10.1 Å². The number of methoxy groups -OCH3 is 2. The van der Waals surface area contributed by atoms with E-state index in [9.17, 15) is 0 Å². The summed E-state index contributed by atoms with van der Waals surface area (Å²) in [6, 6.07) is 1.85. The molecule has 0 aliphatic carbocycles. The number of halogens is 1. The summed E-state index contributed by atoms with van der Waals surface area (Å²) in [5, 5.41) is 3.32. The fourth-order valence-corrected chi connectivity index (χ4v) is 2.65. The van der Waals surface area contributed by atoms with Crippen molar-refractivity contribution in [3.63, 3.8) is 0 Å². The van der Waals surface area contributed by atoms with E-state index in [1.165, 1.54) is 0 Å². The predicted molar refractivity (Wildman–Crippen MR) is 76.8 cm³/mol. The highest BCUT2D eigenvalue weighted by molar-refractivity contribution is 9.10. The number of aromatic nitrogens is 1. The van der Waals surface area contributed by atoms with E-state index in [4.69, 9.17) is 14.2 Å². The topological polar surface area (TPSA) is 52.6 Å². The molecule has 0 radical (unpaired) electrons. The Morgan fingerprint density at radius 1 is 1.42 bits per heavy atom. The zero-order valence-corrected chi connectivity index (χ0v) is 12.8. The third kappa shape index (κ3) is 3.38. The molecule has 5 nitrogen and oxygen atoms in total. The van der Waals surface area contributed by atoms with Crippen LogP contribution in [-0.4, -0.2) is 44.6 Å². The minimum atomic E-state index is -0.187. The Bertz CT molecular complexity index is 422. The number of hydrogen-bond donors (Lipinski definition) is 1. The van der Waals surface area contributed by atoms with Crippen molar-refractivity contribution in [3.05, 3.63) is 16.7 Å². The minimum Gasteiger partial charge on any atom is -0.492 e. The van der Waals surface area contributed by atoms with Gasteiger partial charge in [0.2, 0.25) is 0 Å². The van der Waals surface area contributed by atoms with E-state index < -0.39 is 0 Å². The van der Waals surface area contributed by atoms with Crippen LogP contribution in [0.1, 0.15) is 12.8 Å². The van der Waals surface area contributed by atoms with Gasteiger partial charge in [-0.25, -0.2) is 4.98 Å². The molecule has 0 aromatic carbocycles. The van der Waals surface area contributed by atoms with E-state index in [-0.39, 0.29) is 5.60 Å². The maximum Gasteiger partial charge on any atom is 0.175 e. The van der Waals surface area contributed by atoms with Gasteiger partial charge < -0.3 is 19.5 Å². The van der Waals surface area contributed by atoms with Crippen molar-refractivity contribution in [3.8, 4) is 5.75 Å². The fourth-order valence-electron chi connectivity index (χ4n) is 2.19. The average molecular weight is 331 g/mol. The quantitative estimate of drug-likeness (QED) is 0.898. The molecule has 0 atom stereocenters. The number of hydrogen-bond acceptors (Lipinski definition) is 5. The molecule has 1 aromatic rings. The van der Waals surface area contributed by atoms with E-state index in [0.29, 0.717) is 12.3 Å². The van der Waals surface area contributed by atoms with Gasteiger partial charge in [-0.05, 0) is 22.0 Å². The Hall–Kier alpha value is -0.850. The average Bonchev–Trinajstić information content (AvgIpc) is 2.46. The smallest absolute Gasteiger partial charge is 0.175 e. The maximum atomic E-state index is 5.68. The number of anilines is 1. The van der Waals surface area contributed by atoms with Gasteiger partial charge in [0.15, 0.2) is 11.6 Å². The molecular weight excluding hydrogens is 312 g/mol. The van der Waals surface area contributed by atoms with Crippen LogP contribution in [0.5, 0.6) is 5.75 Å². The lowest BCUT2D eigenvalue weighted by Crippen LogP contribution is -2.44. The summed E-state index contributed by atoms with van der Waals surface area (Å²) in [5.74, 6) is 1.43. The van der Waals surface area contributed by atoms with Crippen molar-refractivity contribution in [2.45, 2.75) is 18.4 Å². The van der Waals surface area contributed by atoms with Gasteiger partial charge in [-0.15, -0.1) is 0 Å². The first kappa shape index (κ1) is 14.6. The van der Waals surface area contributed by atoms with Gasteiger partial charge in [0.05, 0.1) is 17.2 Å². The van der Waals surface area contributed by atoms with Crippen LogP contribution in [0.25, 0.3) is 0 Å². The van der Waals surface area contributed by atoms with Crippen molar-refractivity contribution < 1.29 is 14.2 Å². The van der Waals surface area contributed by atoms with Crippen LogP contribution in [-0.2, 0) is 9.47 Å². The van der Waals surface area contributed by atoms with Gasteiger partial charge in [-0.3, -0.25) is 0 Å².